The summed E-state index contributed by atoms with van der Waals surface area (Å²) in [5, 5.41) is 2.53. The molecule has 0 saturated heterocycles. The first-order valence-electron chi connectivity index (χ1n) is 20.2. The van der Waals surface area contributed by atoms with Crippen LogP contribution in [-0.4, -0.2) is 7.94 Å². The minimum atomic E-state index is -2.01. The molecule has 0 bridgehead atoms. The molecule has 0 unspecified atom stereocenters. The van der Waals surface area contributed by atoms with Crippen LogP contribution in [0.25, 0.3) is 21.8 Å². The molecule has 0 atom stereocenters. The Balaban J connectivity index is 1.29. The third-order valence-electron chi connectivity index (χ3n) is 11.8. The monoisotopic (exact) mass is 798 g/mol. The van der Waals surface area contributed by atoms with Gasteiger partial charge in [-0.1, -0.05) is 180 Å². The highest BCUT2D eigenvalue weighted by Crippen LogP contribution is 2.72. The van der Waals surface area contributed by atoms with Crippen molar-refractivity contribution in [2.45, 2.75) is 48.6 Å². The quantitative estimate of drug-likeness (QED) is 0.130. The zero-order chi connectivity index (χ0) is 39.9. The van der Waals surface area contributed by atoms with Crippen LogP contribution in [0.5, 0.6) is 0 Å². The first-order valence-corrected chi connectivity index (χ1v) is 23.4. The van der Waals surface area contributed by atoms with Crippen LogP contribution in [0.4, 0.5) is 0 Å². The Hall–Kier alpha value is -6.46. The van der Waals surface area contributed by atoms with Gasteiger partial charge in [0.15, 0.2) is 0 Å². The fourth-order valence-electron chi connectivity index (χ4n) is 9.10. The summed E-state index contributed by atoms with van der Waals surface area (Å²) in [5.41, 5.74) is 4.64. The number of fused-ring (bicyclic) bond motifs is 2. The highest BCUT2D eigenvalue weighted by Gasteiger charge is 2.40. The van der Waals surface area contributed by atoms with Crippen LogP contribution in [0.15, 0.2) is 272 Å². The van der Waals surface area contributed by atoms with Crippen LogP contribution in [0.3, 0.4) is 0 Å². The van der Waals surface area contributed by atoms with Crippen LogP contribution in [0.2, 0.25) is 0 Å². The van der Waals surface area contributed by atoms with E-state index in [4.69, 9.17) is 0 Å². The molecule has 10 aromatic rings. The van der Waals surface area contributed by atoms with Gasteiger partial charge in [0.05, 0.1) is 11.0 Å². The number of rotatable bonds is 10. The van der Waals surface area contributed by atoms with E-state index in [0.29, 0.717) is 0 Å². The Morgan fingerprint density at radius 1 is 0.288 bits per heavy atom. The van der Waals surface area contributed by atoms with Gasteiger partial charge in [-0.05, 0) is 96.1 Å². The maximum Gasteiger partial charge on any atom is 0.0588 e. The summed E-state index contributed by atoms with van der Waals surface area (Å²) in [5.74, 6) is 0. The van der Waals surface area contributed by atoms with Gasteiger partial charge in [0.1, 0.15) is 0 Å². The predicted octanol–water partition coefficient (Wildman–Crippen LogP) is 15.4. The standard InChI is InChI=1S/C55H46N2S2/c1-55(2,51-41-56(53-39-23-21-37-49(51)53)58(43-25-9-3-10-26-43,44-27-11-4-12-28-44)45-29-13-5-14-30-45)52-42-57(54-40-24-22-38-50(52)54)59(46-31-15-6-16-32-46,47-33-17-7-18-34-47)48-35-19-8-20-36-48/h3-42H,1-2H3. The molecule has 0 radical (unpaired) electrons. The van der Waals surface area contributed by atoms with Crippen molar-refractivity contribution in [3.63, 3.8) is 0 Å². The van der Waals surface area contributed by atoms with Gasteiger partial charge in [0.2, 0.25) is 0 Å². The van der Waals surface area contributed by atoms with Crippen molar-refractivity contribution in [3.8, 4) is 0 Å². The van der Waals surface area contributed by atoms with E-state index in [9.17, 15) is 0 Å². The smallest absolute Gasteiger partial charge is 0.0588 e. The summed E-state index contributed by atoms with van der Waals surface area (Å²) in [6.07, 6.45) is 5.01. The van der Waals surface area contributed by atoms with Crippen LogP contribution in [0.1, 0.15) is 25.0 Å². The highest BCUT2D eigenvalue weighted by molar-refractivity contribution is 8.33. The molecule has 10 rings (SSSR count). The summed E-state index contributed by atoms with van der Waals surface area (Å²) in [4.78, 5) is 7.76. The highest BCUT2D eigenvalue weighted by atomic mass is 32.3. The van der Waals surface area contributed by atoms with Crippen molar-refractivity contribution in [1.82, 2.24) is 7.94 Å². The molecule has 0 aliphatic heterocycles. The van der Waals surface area contributed by atoms with E-state index in [1.165, 1.54) is 62.3 Å². The molecule has 288 valence electrons. The predicted molar refractivity (Wildman–Crippen MR) is 250 cm³/mol. The molecule has 59 heavy (non-hydrogen) atoms. The molecule has 0 fully saturated rings. The second-order valence-corrected chi connectivity index (χ2v) is 21.4. The maximum atomic E-state index is 2.64. The van der Waals surface area contributed by atoms with Gasteiger partial charge in [-0.15, -0.1) is 0 Å². The lowest BCUT2D eigenvalue weighted by Crippen LogP contribution is -2.19. The van der Waals surface area contributed by atoms with Crippen molar-refractivity contribution >= 4 is 42.2 Å². The molecule has 0 spiro atoms. The molecule has 2 nitrogen and oxygen atoms in total. The van der Waals surface area contributed by atoms with Crippen LogP contribution >= 0.6 is 20.4 Å². The molecule has 0 N–H and O–H groups in total. The number of para-hydroxylation sites is 2. The summed E-state index contributed by atoms with van der Waals surface area (Å²) in [6.45, 7) is 4.86. The Kier molecular flexibility index (Phi) is 9.40. The zero-order valence-corrected chi connectivity index (χ0v) is 34.9. The molecule has 0 saturated carbocycles. The number of benzene rings is 8. The molecule has 2 aromatic heterocycles. The third kappa shape index (κ3) is 5.81. The number of aromatic nitrogens is 2. The first kappa shape index (κ1) is 36.9. The second-order valence-electron chi connectivity index (χ2n) is 15.4. The van der Waals surface area contributed by atoms with Crippen LogP contribution in [-0.2, 0) is 5.41 Å². The van der Waals surface area contributed by atoms with E-state index in [-0.39, 0.29) is 0 Å². The van der Waals surface area contributed by atoms with Crippen LogP contribution < -0.4 is 0 Å². The Morgan fingerprint density at radius 2 is 0.508 bits per heavy atom. The average Bonchev–Trinajstić information content (AvgIpc) is 3.91. The fourth-order valence-corrected chi connectivity index (χ4v) is 16.8. The van der Waals surface area contributed by atoms with Gasteiger partial charge in [-0.3, -0.25) is 7.94 Å². The Labute approximate surface area is 351 Å². The molecule has 4 heteroatoms. The van der Waals surface area contributed by atoms with Gasteiger partial charge < -0.3 is 0 Å². The topological polar surface area (TPSA) is 9.86 Å². The fraction of sp³-hybridized carbons (Fsp3) is 0.0545. The Morgan fingerprint density at radius 3 is 0.763 bits per heavy atom. The first-order chi connectivity index (χ1) is 29.1. The molecule has 8 aromatic carbocycles. The van der Waals surface area contributed by atoms with Crippen molar-refractivity contribution in [2.75, 3.05) is 0 Å². The van der Waals surface area contributed by atoms with E-state index < -0.39 is 25.8 Å². The lowest BCUT2D eigenvalue weighted by molar-refractivity contribution is 0.651. The largest absolute Gasteiger partial charge is 0.297 e. The molecular weight excluding hydrogens is 753 g/mol. The lowest BCUT2D eigenvalue weighted by Gasteiger charge is -2.43. The minimum absolute atomic E-state index is 0.416. The van der Waals surface area contributed by atoms with E-state index in [0.717, 1.165) is 0 Å². The summed E-state index contributed by atoms with van der Waals surface area (Å²) < 4.78 is 5.29. The molecule has 2 heterocycles. The normalized spacial score (nSPS) is 12.8. The van der Waals surface area contributed by atoms with Gasteiger partial charge in [-0.25, -0.2) is 0 Å². The van der Waals surface area contributed by atoms with E-state index >= 15 is 0 Å². The summed E-state index contributed by atoms with van der Waals surface area (Å²) in [6, 6.07) is 85.0. The summed E-state index contributed by atoms with van der Waals surface area (Å²) in [7, 11) is -4.03. The zero-order valence-electron chi connectivity index (χ0n) is 33.3. The van der Waals surface area contributed by atoms with Crippen LogP contribution in [0, 0.1) is 0 Å². The van der Waals surface area contributed by atoms with Crippen molar-refractivity contribution < 1.29 is 0 Å². The number of nitrogens with zero attached hydrogens (tertiary/aromatic N) is 2. The number of hydrogen-bond acceptors (Lipinski definition) is 0. The van der Waals surface area contributed by atoms with Crippen molar-refractivity contribution in [1.29, 1.82) is 0 Å². The van der Waals surface area contributed by atoms with Crippen molar-refractivity contribution in [2.24, 2.45) is 0 Å². The van der Waals surface area contributed by atoms with Gasteiger partial charge in [-0.2, -0.15) is 0 Å². The van der Waals surface area contributed by atoms with E-state index in [1.54, 1.807) is 0 Å². The second kappa shape index (κ2) is 15.0. The van der Waals surface area contributed by atoms with Gasteiger partial charge in [0.25, 0.3) is 0 Å². The summed E-state index contributed by atoms with van der Waals surface area (Å²) >= 11 is 0. The minimum Gasteiger partial charge on any atom is -0.297 e. The number of hydrogen-bond donors (Lipinski definition) is 0. The Bertz CT molecular complexity index is 2590. The molecule has 0 aliphatic rings. The lowest BCUT2D eigenvalue weighted by atomic mass is 9.78. The molecular formula is C55H46N2S2. The van der Waals surface area contributed by atoms with Gasteiger partial charge >= 0.3 is 0 Å². The molecule has 0 amide bonds. The maximum absolute atomic E-state index is 2.64. The average molecular weight is 799 g/mol. The van der Waals surface area contributed by atoms with E-state index in [2.05, 4.69) is 265 Å². The van der Waals surface area contributed by atoms with E-state index in [1.807, 2.05) is 0 Å². The third-order valence-corrected chi connectivity index (χ3v) is 19.3. The SMILES string of the molecule is CC(C)(c1cn(S(c2ccccc2)(c2ccccc2)c2ccccc2)c2ccccc12)c1cn(S(c2ccccc2)(c2ccccc2)c2ccccc2)c2ccccc12. The molecule has 0 aliphatic carbocycles. The van der Waals surface area contributed by atoms with Gasteiger partial charge in [0, 0.05) is 58.0 Å². The van der Waals surface area contributed by atoms with Crippen molar-refractivity contribution in [3.05, 3.63) is 254 Å².